The third-order valence-corrected chi connectivity index (χ3v) is 6.65. The largest absolute Gasteiger partial charge is 0.495 e. The maximum atomic E-state index is 14.3. The van der Waals surface area contributed by atoms with Crippen LogP contribution in [0.15, 0.2) is 103 Å². The van der Waals surface area contributed by atoms with Crippen LogP contribution in [0.5, 0.6) is 11.5 Å². The zero-order valence-corrected chi connectivity index (χ0v) is 22.9. The number of methoxy groups -OCH3 is 1. The minimum absolute atomic E-state index is 0.155. The second-order valence-corrected chi connectivity index (χ2v) is 9.25. The highest BCUT2D eigenvalue weighted by atomic mass is 16.5. The molecule has 5 aromatic rings. The van der Waals surface area contributed by atoms with Gasteiger partial charge in [0.2, 0.25) is 11.8 Å². The molecule has 0 aliphatic rings. The molecule has 0 bridgehead atoms. The molecule has 2 amide bonds. The van der Waals surface area contributed by atoms with Gasteiger partial charge >= 0.3 is 0 Å². The van der Waals surface area contributed by atoms with E-state index in [1.165, 1.54) is 16.7 Å². The number of aromatic nitrogens is 3. The van der Waals surface area contributed by atoms with E-state index in [2.05, 4.69) is 15.6 Å². The molecule has 41 heavy (non-hydrogen) atoms. The van der Waals surface area contributed by atoms with Crippen molar-refractivity contribution in [1.82, 2.24) is 20.3 Å². The fourth-order valence-electron chi connectivity index (χ4n) is 4.76. The van der Waals surface area contributed by atoms with Gasteiger partial charge in [-0.3, -0.25) is 14.5 Å². The average Bonchev–Trinajstić information content (AvgIpc) is 3.42. The van der Waals surface area contributed by atoms with Crippen LogP contribution in [0, 0.1) is 0 Å². The smallest absolute Gasteiger partial charge is 0.249 e. The molecule has 1 heterocycles. The molecule has 5 rings (SSSR count). The van der Waals surface area contributed by atoms with Crippen molar-refractivity contribution in [2.24, 2.45) is 0 Å². The summed E-state index contributed by atoms with van der Waals surface area (Å²) in [5.41, 5.74) is 3.30. The maximum absolute atomic E-state index is 14.3. The summed E-state index contributed by atoms with van der Waals surface area (Å²) in [6.07, 6.45) is 0. The van der Waals surface area contributed by atoms with Gasteiger partial charge in [-0.05, 0) is 42.8 Å². The van der Waals surface area contributed by atoms with E-state index < -0.39 is 6.04 Å². The Balaban J connectivity index is 1.62. The van der Waals surface area contributed by atoms with Crippen molar-refractivity contribution < 1.29 is 19.1 Å². The van der Waals surface area contributed by atoms with Crippen molar-refractivity contribution in [3.63, 3.8) is 0 Å². The van der Waals surface area contributed by atoms with Crippen molar-refractivity contribution in [2.75, 3.05) is 18.6 Å². The van der Waals surface area contributed by atoms with E-state index in [0.717, 1.165) is 5.56 Å². The molecule has 9 heteroatoms. The summed E-state index contributed by atoms with van der Waals surface area (Å²) in [7, 11) is 1.53. The Kier molecular flexibility index (Phi) is 8.54. The second kappa shape index (κ2) is 12.8. The Bertz CT molecular complexity index is 1640. The van der Waals surface area contributed by atoms with Gasteiger partial charge in [-0.2, -0.15) is 0 Å². The number of carbonyl (C=O) groups excluding carboxylic acids is 2. The standard InChI is InChI=1S/C32H31N5O4/c1-3-41-28-19-11-7-15-24(28)31(32(39)33-21-23-13-5-4-6-14-23)37(27-18-10-12-20-29(27)40-2)30(38)22-36-26-17-9-8-16-25(26)34-35-36/h4-20,31H,3,21-22H2,1-2H3,(H,33,39)/t31-/m0/s1. The minimum Gasteiger partial charge on any atom is -0.495 e. The van der Waals surface area contributed by atoms with E-state index in [-0.39, 0.29) is 24.9 Å². The average molecular weight is 550 g/mol. The summed E-state index contributed by atoms with van der Waals surface area (Å²) < 4.78 is 13.1. The molecule has 1 atom stereocenters. The molecule has 0 radical (unpaired) electrons. The van der Waals surface area contributed by atoms with Crippen LogP contribution in [0.3, 0.4) is 0 Å². The van der Waals surface area contributed by atoms with Crippen LogP contribution in [0.1, 0.15) is 24.1 Å². The van der Waals surface area contributed by atoms with E-state index in [1.54, 1.807) is 30.3 Å². The summed E-state index contributed by atoms with van der Waals surface area (Å²) in [4.78, 5) is 30.0. The Labute approximate surface area is 238 Å². The third kappa shape index (κ3) is 6.04. The number of ether oxygens (including phenoxy) is 2. The summed E-state index contributed by atoms with van der Waals surface area (Å²) in [6, 6.07) is 30.3. The fraction of sp³-hybridized carbons (Fsp3) is 0.188. The Morgan fingerprint density at radius 3 is 2.34 bits per heavy atom. The zero-order chi connectivity index (χ0) is 28.6. The first-order chi connectivity index (χ1) is 20.1. The number of hydrogen-bond donors (Lipinski definition) is 1. The molecular formula is C32H31N5O4. The lowest BCUT2D eigenvalue weighted by atomic mass is 10.0. The fourth-order valence-corrected chi connectivity index (χ4v) is 4.76. The monoisotopic (exact) mass is 549 g/mol. The maximum Gasteiger partial charge on any atom is 0.249 e. The van der Waals surface area contributed by atoms with Gasteiger partial charge in [0.1, 0.15) is 29.6 Å². The summed E-state index contributed by atoms with van der Waals surface area (Å²) in [6.45, 7) is 2.40. The van der Waals surface area contributed by atoms with Gasteiger partial charge < -0.3 is 14.8 Å². The van der Waals surface area contributed by atoms with Crippen LogP contribution >= 0.6 is 0 Å². The molecule has 1 aromatic heterocycles. The topological polar surface area (TPSA) is 98.6 Å². The van der Waals surface area contributed by atoms with Crippen LogP contribution < -0.4 is 19.7 Å². The predicted molar refractivity (Wildman–Crippen MR) is 157 cm³/mol. The van der Waals surface area contributed by atoms with Crippen LogP contribution in [-0.2, 0) is 22.7 Å². The van der Waals surface area contributed by atoms with Gasteiger partial charge in [0.05, 0.1) is 24.9 Å². The molecule has 0 saturated carbocycles. The summed E-state index contributed by atoms with van der Waals surface area (Å²) in [5, 5.41) is 11.4. The zero-order valence-electron chi connectivity index (χ0n) is 22.9. The number of nitrogens with zero attached hydrogens (tertiary/aromatic N) is 4. The number of carbonyl (C=O) groups is 2. The van der Waals surface area contributed by atoms with Crippen LogP contribution in [-0.4, -0.2) is 40.5 Å². The number of hydrogen-bond acceptors (Lipinski definition) is 6. The lowest BCUT2D eigenvalue weighted by Gasteiger charge is -2.33. The molecule has 0 saturated heterocycles. The number of amides is 2. The minimum atomic E-state index is -1.08. The molecule has 208 valence electrons. The first-order valence-corrected chi connectivity index (χ1v) is 13.4. The number of anilines is 1. The van der Waals surface area contributed by atoms with Gasteiger partial charge in [0.25, 0.3) is 0 Å². The van der Waals surface area contributed by atoms with Gasteiger partial charge in [0, 0.05) is 12.1 Å². The van der Waals surface area contributed by atoms with Gasteiger partial charge in [-0.1, -0.05) is 78.0 Å². The van der Waals surface area contributed by atoms with Crippen molar-refractivity contribution in [3.8, 4) is 11.5 Å². The van der Waals surface area contributed by atoms with Crippen molar-refractivity contribution >= 4 is 28.5 Å². The van der Waals surface area contributed by atoms with E-state index >= 15 is 0 Å². The number of rotatable bonds is 11. The Morgan fingerprint density at radius 1 is 0.878 bits per heavy atom. The highest BCUT2D eigenvalue weighted by Crippen LogP contribution is 2.38. The first kappa shape index (κ1) is 27.4. The highest BCUT2D eigenvalue weighted by Gasteiger charge is 2.36. The number of nitrogens with one attached hydrogen (secondary N) is 1. The molecule has 9 nitrogen and oxygen atoms in total. The first-order valence-electron chi connectivity index (χ1n) is 13.4. The van der Waals surface area contributed by atoms with E-state index in [1.807, 2.05) is 79.7 Å². The molecule has 0 fully saturated rings. The normalized spacial score (nSPS) is 11.6. The number of para-hydroxylation sites is 4. The summed E-state index contributed by atoms with van der Waals surface area (Å²) in [5.74, 6) is 0.202. The van der Waals surface area contributed by atoms with E-state index in [9.17, 15) is 9.59 Å². The Morgan fingerprint density at radius 2 is 1.56 bits per heavy atom. The Hall–Kier alpha value is -5.18. The lowest BCUT2D eigenvalue weighted by Crippen LogP contribution is -2.45. The molecule has 0 aliphatic heterocycles. The van der Waals surface area contributed by atoms with E-state index in [0.29, 0.717) is 40.4 Å². The van der Waals surface area contributed by atoms with Gasteiger partial charge in [-0.25, -0.2) is 4.68 Å². The molecule has 4 aromatic carbocycles. The van der Waals surface area contributed by atoms with Crippen molar-refractivity contribution in [2.45, 2.75) is 26.1 Å². The second-order valence-electron chi connectivity index (χ2n) is 9.25. The molecule has 0 aliphatic carbocycles. The van der Waals surface area contributed by atoms with E-state index in [4.69, 9.17) is 9.47 Å². The molecule has 0 unspecified atom stereocenters. The lowest BCUT2D eigenvalue weighted by molar-refractivity contribution is -0.127. The number of fused-ring (bicyclic) bond motifs is 1. The highest BCUT2D eigenvalue weighted by molar-refractivity contribution is 6.03. The molecule has 0 spiro atoms. The van der Waals surface area contributed by atoms with Gasteiger partial charge in [-0.15, -0.1) is 5.10 Å². The van der Waals surface area contributed by atoms with Crippen molar-refractivity contribution in [3.05, 3.63) is 114 Å². The van der Waals surface area contributed by atoms with Crippen LogP contribution in [0.4, 0.5) is 5.69 Å². The predicted octanol–water partition coefficient (Wildman–Crippen LogP) is 4.93. The molecular weight excluding hydrogens is 518 g/mol. The quantitative estimate of drug-likeness (QED) is 0.251. The summed E-state index contributed by atoms with van der Waals surface area (Å²) >= 11 is 0. The van der Waals surface area contributed by atoms with Crippen LogP contribution in [0.25, 0.3) is 11.0 Å². The van der Waals surface area contributed by atoms with Crippen molar-refractivity contribution in [1.29, 1.82) is 0 Å². The number of benzene rings is 4. The van der Waals surface area contributed by atoms with Crippen LogP contribution in [0.2, 0.25) is 0 Å². The SMILES string of the molecule is CCOc1ccccc1[C@@H](C(=O)NCc1ccccc1)N(C(=O)Cn1nnc2ccccc21)c1ccccc1OC. The third-order valence-electron chi connectivity index (χ3n) is 6.65. The molecule has 1 N–H and O–H groups in total. The van der Waals surface area contributed by atoms with Gasteiger partial charge in [0.15, 0.2) is 0 Å².